The molecule has 156 valence electrons. The smallest absolute Gasteiger partial charge is 0.243 e. The average molecular weight is 427 g/mol. The molecular formula is C22H23FN4O2S. The number of benzene rings is 2. The van der Waals surface area contributed by atoms with E-state index in [4.69, 9.17) is 0 Å². The van der Waals surface area contributed by atoms with Crippen LogP contribution in [0.2, 0.25) is 0 Å². The van der Waals surface area contributed by atoms with E-state index in [0.717, 1.165) is 23.7 Å². The van der Waals surface area contributed by atoms with Gasteiger partial charge in [0.2, 0.25) is 10.0 Å². The predicted octanol–water partition coefficient (Wildman–Crippen LogP) is 3.36. The van der Waals surface area contributed by atoms with Gasteiger partial charge in [0.05, 0.1) is 10.6 Å². The molecular weight excluding hydrogens is 403 g/mol. The van der Waals surface area contributed by atoms with E-state index < -0.39 is 15.8 Å². The number of rotatable bonds is 5. The van der Waals surface area contributed by atoms with Gasteiger partial charge < -0.3 is 4.90 Å². The first-order valence-electron chi connectivity index (χ1n) is 9.91. The van der Waals surface area contributed by atoms with Crippen LogP contribution in [0.5, 0.6) is 0 Å². The summed E-state index contributed by atoms with van der Waals surface area (Å²) < 4.78 is 40.3. The van der Waals surface area contributed by atoms with Crippen LogP contribution in [0.25, 0.3) is 11.3 Å². The zero-order valence-corrected chi connectivity index (χ0v) is 17.5. The fourth-order valence-electron chi connectivity index (χ4n) is 3.49. The molecule has 0 amide bonds. The molecule has 0 unspecified atom stereocenters. The number of aromatic nitrogens is 2. The number of anilines is 1. The lowest BCUT2D eigenvalue weighted by molar-refractivity contribution is 0.383. The van der Waals surface area contributed by atoms with Crippen molar-refractivity contribution in [3.05, 3.63) is 72.0 Å². The van der Waals surface area contributed by atoms with Crippen molar-refractivity contribution < 1.29 is 12.8 Å². The van der Waals surface area contributed by atoms with Gasteiger partial charge in [0.15, 0.2) is 5.82 Å². The summed E-state index contributed by atoms with van der Waals surface area (Å²) in [6, 6.07) is 17.2. The lowest BCUT2D eigenvalue weighted by Gasteiger charge is -2.34. The third kappa shape index (κ3) is 4.20. The molecule has 1 aliphatic heterocycles. The van der Waals surface area contributed by atoms with Gasteiger partial charge >= 0.3 is 0 Å². The molecule has 2 heterocycles. The van der Waals surface area contributed by atoms with E-state index in [1.165, 1.54) is 28.1 Å². The van der Waals surface area contributed by atoms with E-state index in [-0.39, 0.29) is 4.90 Å². The molecule has 8 heteroatoms. The minimum absolute atomic E-state index is 0.0193. The van der Waals surface area contributed by atoms with Gasteiger partial charge in [-0.15, -0.1) is 10.2 Å². The number of aryl methyl sites for hydroxylation is 1. The minimum atomic E-state index is -3.71. The summed E-state index contributed by atoms with van der Waals surface area (Å²) >= 11 is 0. The van der Waals surface area contributed by atoms with Crippen LogP contribution in [0.15, 0.2) is 65.6 Å². The fourth-order valence-corrected chi connectivity index (χ4v) is 4.95. The van der Waals surface area contributed by atoms with Crippen LogP contribution in [0.1, 0.15) is 12.5 Å². The van der Waals surface area contributed by atoms with Gasteiger partial charge in [-0.05, 0) is 42.3 Å². The Morgan fingerprint density at radius 3 is 2.27 bits per heavy atom. The number of hydrogen-bond acceptors (Lipinski definition) is 5. The molecule has 1 aliphatic rings. The lowest BCUT2D eigenvalue weighted by atomic mass is 10.1. The third-order valence-electron chi connectivity index (χ3n) is 5.30. The van der Waals surface area contributed by atoms with E-state index in [0.29, 0.717) is 32.0 Å². The van der Waals surface area contributed by atoms with Gasteiger partial charge in [-0.1, -0.05) is 37.3 Å². The molecule has 0 aliphatic carbocycles. The standard InChI is InChI=1S/C22H23FN4O2S/c1-2-17-6-8-18(9-7-17)21-10-11-22(25-24-21)26-12-14-27(15-13-26)30(28,29)20-5-3-4-19(23)16-20/h3-11,16H,2,12-15H2,1H3. The topological polar surface area (TPSA) is 66.4 Å². The van der Waals surface area contributed by atoms with Crippen LogP contribution in [0, 0.1) is 5.82 Å². The van der Waals surface area contributed by atoms with Crippen LogP contribution in [-0.4, -0.2) is 49.1 Å². The summed E-state index contributed by atoms with van der Waals surface area (Å²) in [6.45, 7) is 3.72. The zero-order chi connectivity index (χ0) is 21.1. The van der Waals surface area contributed by atoms with Crippen molar-refractivity contribution >= 4 is 15.8 Å². The average Bonchev–Trinajstić information content (AvgIpc) is 2.79. The molecule has 30 heavy (non-hydrogen) atoms. The second-order valence-electron chi connectivity index (χ2n) is 7.18. The molecule has 0 saturated carbocycles. The maximum atomic E-state index is 13.4. The fraction of sp³-hybridized carbons (Fsp3) is 0.273. The van der Waals surface area contributed by atoms with E-state index in [2.05, 4.69) is 29.3 Å². The Morgan fingerprint density at radius 2 is 1.67 bits per heavy atom. The Kier molecular flexibility index (Phi) is 5.78. The zero-order valence-electron chi connectivity index (χ0n) is 16.7. The van der Waals surface area contributed by atoms with Crippen LogP contribution >= 0.6 is 0 Å². The van der Waals surface area contributed by atoms with Crippen molar-refractivity contribution in [2.24, 2.45) is 0 Å². The number of piperazine rings is 1. The summed E-state index contributed by atoms with van der Waals surface area (Å²) in [7, 11) is -3.71. The van der Waals surface area contributed by atoms with Crippen molar-refractivity contribution in [3.8, 4) is 11.3 Å². The van der Waals surface area contributed by atoms with Crippen LogP contribution in [0.4, 0.5) is 10.2 Å². The first-order chi connectivity index (χ1) is 14.5. The molecule has 0 N–H and O–H groups in total. The molecule has 4 rings (SSSR count). The van der Waals surface area contributed by atoms with Crippen LogP contribution in [0.3, 0.4) is 0 Å². The molecule has 1 saturated heterocycles. The molecule has 0 spiro atoms. The Hall–Kier alpha value is -2.84. The van der Waals surface area contributed by atoms with Gasteiger partial charge in [0.1, 0.15) is 5.82 Å². The lowest BCUT2D eigenvalue weighted by Crippen LogP contribution is -2.49. The quantitative estimate of drug-likeness (QED) is 0.626. The first kappa shape index (κ1) is 20.4. The van der Waals surface area contributed by atoms with Crippen molar-refractivity contribution in [2.45, 2.75) is 18.2 Å². The minimum Gasteiger partial charge on any atom is -0.352 e. The third-order valence-corrected chi connectivity index (χ3v) is 7.20. The summed E-state index contributed by atoms with van der Waals surface area (Å²) in [5.74, 6) is 0.154. The molecule has 6 nitrogen and oxygen atoms in total. The monoisotopic (exact) mass is 426 g/mol. The summed E-state index contributed by atoms with van der Waals surface area (Å²) in [5, 5.41) is 8.68. The highest BCUT2D eigenvalue weighted by Gasteiger charge is 2.29. The van der Waals surface area contributed by atoms with E-state index in [1.807, 2.05) is 29.2 Å². The highest BCUT2D eigenvalue weighted by molar-refractivity contribution is 7.89. The van der Waals surface area contributed by atoms with Crippen molar-refractivity contribution in [3.63, 3.8) is 0 Å². The number of halogens is 1. The second kappa shape index (κ2) is 8.49. The van der Waals surface area contributed by atoms with E-state index >= 15 is 0 Å². The van der Waals surface area contributed by atoms with Crippen molar-refractivity contribution in [2.75, 3.05) is 31.1 Å². The molecule has 1 fully saturated rings. The molecule has 0 atom stereocenters. The predicted molar refractivity (Wildman–Crippen MR) is 114 cm³/mol. The molecule has 1 aromatic heterocycles. The SMILES string of the molecule is CCc1ccc(-c2ccc(N3CCN(S(=O)(=O)c4cccc(F)c4)CC3)nn2)cc1. The first-order valence-corrected chi connectivity index (χ1v) is 11.3. The van der Waals surface area contributed by atoms with E-state index in [1.54, 1.807) is 0 Å². The highest BCUT2D eigenvalue weighted by atomic mass is 32.2. The summed E-state index contributed by atoms with van der Waals surface area (Å²) in [4.78, 5) is 1.99. The number of nitrogens with zero attached hydrogens (tertiary/aromatic N) is 4. The van der Waals surface area contributed by atoms with Crippen LogP contribution < -0.4 is 4.90 Å². The van der Waals surface area contributed by atoms with Crippen LogP contribution in [-0.2, 0) is 16.4 Å². The second-order valence-corrected chi connectivity index (χ2v) is 9.11. The number of sulfonamides is 1. The highest BCUT2D eigenvalue weighted by Crippen LogP contribution is 2.22. The molecule has 0 radical (unpaired) electrons. The summed E-state index contributed by atoms with van der Waals surface area (Å²) in [6.07, 6.45) is 0.992. The molecule has 2 aromatic carbocycles. The Labute approximate surface area is 176 Å². The van der Waals surface area contributed by atoms with E-state index in [9.17, 15) is 12.8 Å². The molecule has 3 aromatic rings. The largest absolute Gasteiger partial charge is 0.352 e. The number of hydrogen-bond donors (Lipinski definition) is 0. The van der Waals surface area contributed by atoms with Gasteiger partial charge in [0.25, 0.3) is 0 Å². The van der Waals surface area contributed by atoms with Gasteiger partial charge in [0, 0.05) is 31.7 Å². The summed E-state index contributed by atoms with van der Waals surface area (Å²) in [5.41, 5.74) is 3.08. The van der Waals surface area contributed by atoms with Gasteiger partial charge in [-0.2, -0.15) is 4.31 Å². The van der Waals surface area contributed by atoms with Crippen molar-refractivity contribution in [1.82, 2.24) is 14.5 Å². The Balaban J connectivity index is 1.42. The van der Waals surface area contributed by atoms with Crippen molar-refractivity contribution in [1.29, 1.82) is 0 Å². The normalized spacial score (nSPS) is 15.3. The van der Waals surface area contributed by atoms with Gasteiger partial charge in [-0.3, -0.25) is 0 Å². The Bertz CT molecular complexity index is 1110. The molecule has 0 bridgehead atoms. The maximum Gasteiger partial charge on any atom is 0.243 e. The van der Waals surface area contributed by atoms with Gasteiger partial charge in [-0.25, -0.2) is 12.8 Å². The maximum absolute atomic E-state index is 13.4. The Morgan fingerprint density at radius 1 is 0.933 bits per heavy atom.